The average Bonchev–Trinajstić information content (AvgIpc) is 2.61. The third kappa shape index (κ3) is 5.16. The van der Waals surface area contributed by atoms with Gasteiger partial charge in [0.15, 0.2) is 0 Å². The van der Waals surface area contributed by atoms with Gasteiger partial charge in [-0.05, 0) is 74.4 Å². The monoisotopic (exact) mass is 526 g/mol. The van der Waals surface area contributed by atoms with Gasteiger partial charge in [-0.2, -0.15) is 5.26 Å². The lowest BCUT2D eigenvalue weighted by atomic mass is 10.1. The maximum Gasteiger partial charge on any atom is 0.266 e. The molecular weight excluding hydrogens is 514 g/mol. The van der Waals surface area contributed by atoms with E-state index in [2.05, 4.69) is 50.4 Å². The second kappa shape index (κ2) is 9.50. The van der Waals surface area contributed by atoms with Crippen molar-refractivity contribution in [3.8, 4) is 11.8 Å². The fourth-order valence-electron chi connectivity index (χ4n) is 2.01. The van der Waals surface area contributed by atoms with Crippen molar-refractivity contribution in [2.45, 2.75) is 0 Å². The van der Waals surface area contributed by atoms with Crippen LogP contribution in [0, 0.1) is 20.7 Å². The van der Waals surface area contributed by atoms with Gasteiger partial charge in [-0.15, -0.1) is 0 Å². The number of amides is 1. The Kier molecular flexibility index (Phi) is 7.36. The van der Waals surface area contributed by atoms with Gasteiger partial charge in [0.25, 0.3) is 5.91 Å². The maximum absolute atomic E-state index is 13.7. The van der Waals surface area contributed by atoms with Crippen LogP contribution in [-0.2, 0) is 4.79 Å². The molecule has 0 aromatic heterocycles. The molecule has 0 radical (unpaired) electrons. The second-order valence-corrected chi connectivity index (χ2v) is 7.03. The van der Waals surface area contributed by atoms with E-state index in [1.807, 2.05) is 6.07 Å². The fraction of sp³-hybridized carbons (Fsp3) is 0.0526. The first-order chi connectivity index (χ1) is 12.5. The molecule has 0 heterocycles. The molecule has 0 spiro atoms. The Balaban J connectivity index is 2.28. The van der Waals surface area contributed by atoms with Crippen molar-refractivity contribution in [1.82, 2.24) is 0 Å². The van der Waals surface area contributed by atoms with Crippen molar-refractivity contribution in [2.75, 3.05) is 11.9 Å². The number of carbonyl (C=O) groups excluding carboxylic acids is 1. The molecule has 0 aliphatic carbocycles. The summed E-state index contributed by atoms with van der Waals surface area (Å²) in [6, 6.07) is 11.1. The van der Waals surface area contributed by atoms with E-state index in [0.717, 1.165) is 3.57 Å². The molecule has 0 saturated heterocycles. The predicted octanol–water partition coefficient (Wildman–Crippen LogP) is 5.30. The van der Waals surface area contributed by atoms with E-state index < -0.39 is 11.7 Å². The highest BCUT2D eigenvalue weighted by Crippen LogP contribution is 2.32. The van der Waals surface area contributed by atoms with E-state index in [-0.39, 0.29) is 11.3 Å². The van der Waals surface area contributed by atoms with Crippen LogP contribution in [0.4, 0.5) is 10.1 Å². The number of nitrogens with zero attached hydrogens (tertiary/aromatic N) is 1. The van der Waals surface area contributed by atoms with E-state index in [0.29, 0.717) is 22.4 Å². The van der Waals surface area contributed by atoms with Crippen molar-refractivity contribution < 1.29 is 13.9 Å². The van der Waals surface area contributed by atoms with E-state index >= 15 is 0 Å². The van der Waals surface area contributed by atoms with Gasteiger partial charge in [0.05, 0.1) is 13.7 Å². The molecule has 26 heavy (non-hydrogen) atoms. The van der Waals surface area contributed by atoms with Crippen molar-refractivity contribution in [1.29, 1.82) is 5.26 Å². The minimum Gasteiger partial charge on any atom is -0.487 e. The highest BCUT2D eigenvalue weighted by Gasteiger charge is 2.13. The molecule has 1 N–H and O–H groups in total. The van der Waals surface area contributed by atoms with Crippen molar-refractivity contribution >= 4 is 56.2 Å². The summed E-state index contributed by atoms with van der Waals surface area (Å²) in [7, 11) is 0. The number of anilines is 1. The normalized spacial score (nSPS) is 10.8. The molecule has 7 heteroatoms. The lowest BCUT2D eigenvalue weighted by Crippen LogP contribution is -2.14. The number of hydrogen-bond donors (Lipinski definition) is 1. The van der Waals surface area contributed by atoms with Crippen LogP contribution in [0.2, 0.25) is 0 Å². The molecule has 0 atom stereocenters. The summed E-state index contributed by atoms with van der Waals surface area (Å²) >= 11 is 5.51. The number of ether oxygens (including phenoxy) is 1. The summed E-state index contributed by atoms with van der Waals surface area (Å²) in [6.07, 6.45) is 3.07. The zero-order chi connectivity index (χ0) is 19.1. The predicted molar refractivity (Wildman–Crippen MR) is 111 cm³/mol. The molecule has 0 unspecified atom stereocenters. The molecular formula is C19H13BrFIN2O2. The van der Waals surface area contributed by atoms with Crippen molar-refractivity contribution in [3.63, 3.8) is 0 Å². The van der Waals surface area contributed by atoms with Gasteiger partial charge in [0.2, 0.25) is 0 Å². The molecule has 0 saturated carbocycles. The van der Waals surface area contributed by atoms with Crippen LogP contribution < -0.4 is 10.1 Å². The molecule has 0 aliphatic rings. The van der Waals surface area contributed by atoms with Crippen molar-refractivity contribution in [2.24, 2.45) is 0 Å². The Hall–Kier alpha value is -2.18. The van der Waals surface area contributed by atoms with Gasteiger partial charge in [-0.3, -0.25) is 4.79 Å². The molecule has 0 bridgehead atoms. The summed E-state index contributed by atoms with van der Waals surface area (Å²) in [5, 5.41) is 11.7. The Bertz CT molecular complexity index is 899. The highest BCUT2D eigenvalue weighted by atomic mass is 127. The lowest BCUT2D eigenvalue weighted by molar-refractivity contribution is -0.112. The third-order valence-corrected chi connectivity index (χ3v) is 4.55. The fourth-order valence-corrected chi connectivity index (χ4v) is 3.78. The Labute approximate surface area is 172 Å². The summed E-state index contributed by atoms with van der Waals surface area (Å²) in [4.78, 5) is 12.3. The van der Waals surface area contributed by atoms with Crippen LogP contribution in [0.3, 0.4) is 0 Å². The lowest BCUT2D eigenvalue weighted by Gasteiger charge is -2.10. The Morgan fingerprint density at radius 2 is 2.15 bits per heavy atom. The first-order valence-electron chi connectivity index (χ1n) is 7.36. The molecule has 2 rings (SSSR count). The van der Waals surface area contributed by atoms with Crippen molar-refractivity contribution in [3.05, 3.63) is 74.0 Å². The molecule has 4 nitrogen and oxygen atoms in total. The van der Waals surface area contributed by atoms with Gasteiger partial charge in [0.1, 0.15) is 29.8 Å². The molecule has 2 aromatic rings. The zero-order valence-corrected chi connectivity index (χ0v) is 17.2. The number of nitrogens with one attached hydrogen (secondary N) is 1. The second-order valence-electron chi connectivity index (χ2n) is 5.02. The van der Waals surface area contributed by atoms with Gasteiger partial charge < -0.3 is 10.1 Å². The number of rotatable bonds is 6. The summed E-state index contributed by atoms with van der Waals surface area (Å²) in [5.74, 6) is -0.605. The summed E-state index contributed by atoms with van der Waals surface area (Å²) < 4.78 is 20.7. The van der Waals surface area contributed by atoms with E-state index in [1.54, 1.807) is 24.3 Å². The molecule has 1 amide bonds. The quantitative estimate of drug-likeness (QED) is 0.240. The first-order valence-corrected chi connectivity index (χ1v) is 9.24. The van der Waals surface area contributed by atoms with Crippen LogP contribution in [0.25, 0.3) is 6.08 Å². The number of halogens is 3. The summed E-state index contributed by atoms with van der Waals surface area (Å²) in [5.41, 5.74) is 0.505. The third-order valence-electron chi connectivity index (χ3n) is 3.16. The van der Waals surface area contributed by atoms with Crippen LogP contribution in [0.1, 0.15) is 5.56 Å². The molecule has 132 valence electrons. The van der Waals surface area contributed by atoms with Gasteiger partial charge in [-0.1, -0.05) is 24.8 Å². The maximum atomic E-state index is 13.7. The van der Waals surface area contributed by atoms with Crippen LogP contribution in [0.5, 0.6) is 5.75 Å². The average molecular weight is 527 g/mol. The highest BCUT2D eigenvalue weighted by molar-refractivity contribution is 14.1. The smallest absolute Gasteiger partial charge is 0.266 e. The topological polar surface area (TPSA) is 62.1 Å². The SMILES string of the molecule is C=CCOc1c(Br)cc(/C=C(/C#N)C(=O)Nc2ccccc2F)cc1I. The molecule has 0 fully saturated rings. The minimum atomic E-state index is -0.685. The number of hydrogen-bond acceptors (Lipinski definition) is 3. The molecule has 2 aromatic carbocycles. The van der Waals surface area contributed by atoms with Crippen LogP contribution >= 0.6 is 38.5 Å². The van der Waals surface area contributed by atoms with Gasteiger partial charge in [0, 0.05) is 0 Å². The van der Waals surface area contributed by atoms with E-state index in [9.17, 15) is 14.4 Å². The standard InChI is InChI=1S/C19H13BrFIN2O2/c1-2-7-26-18-14(20)9-12(10-16(18)22)8-13(11-23)19(25)24-17-6-4-3-5-15(17)21/h2-6,8-10H,1,7H2,(H,24,25)/b13-8-. The van der Waals surface area contributed by atoms with Crippen LogP contribution in [0.15, 0.2) is 59.1 Å². The molecule has 0 aliphatic heterocycles. The number of benzene rings is 2. The number of para-hydroxylation sites is 1. The zero-order valence-electron chi connectivity index (χ0n) is 13.4. The van der Waals surface area contributed by atoms with Gasteiger partial charge >= 0.3 is 0 Å². The Morgan fingerprint density at radius 3 is 2.77 bits per heavy atom. The first kappa shape index (κ1) is 20.1. The van der Waals surface area contributed by atoms with Gasteiger partial charge in [-0.25, -0.2) is 4.39 Å². The number of nitriles is 1. The number of carbonyl (C=O) groups is 1. The summed E-state index contributed by atoms with van der Waals surface area (Å²) in [6.45, 7) is 3.96. The van der Waals surface area contributed by atoms with Crippen LogP contribution in [-0.4, -0.2) is 12.5 Å². The Morgan fingerprint density at radius 1 is 1.42 bits per heavy atom. The minimum absolute atomic E-state index is 0.0163. The van der Waals surface area contributed by atoms with E-state index in [1.165, 1.54) is 24.3 Å². The van der Waals surface area contributed by atoms with E-state index in [4.69, 9.17) is 4.74 Å². The largest absolute Gasteiger partial charge is 0.487 e.